The number of hydrogen-bond acceptors (Lipinski definition) is 2. The summed E-state index contributed by atoms with van der Waals surface area (Å²) in [6, 6.07) is 70.6. The summed E-state index contributed by atoms with van der Waals surface area (Å²) in [5.41, 5.74) is 15.8. The molecule has 0 aliphatic heterocycles. The predicted octanol–water partition coefficient (Wildman–Crippen LogP) is 18.5. The van der Waals surface area contributed by atoms with Gasteiger partial charge in [0.15, 0.2) is 0 Å². The number of para-hydroxylation sites is 1. The van der Waals surface area contributed by atoms with Gasteiger partial charge in [0.25, 0.3) is 0 Å². The SMILES string of the molecule is C#Cc1c(-n2c3ccc4c(ccc5sc6ccccc6c54)c3c3c4ccccc4c4c(c32)-c2ccccc2C4(C)C)ccc2c1c(-c1ccccc1C(=C)c1ccccc1)cc1oc3ccccc3c12. The zero-order valence-electron chi connectivity index (χ0n) is 38.5. The van der Waals surface area contributed by atoms with E-state index in [1.54, 1.807) is 0 Å². The number of terminal acetylenes is 1. The van der Waals surface area contributed by atoms with E-state index < -0.39 is 0 Å². The monoisotopic (exact) mass is 907 g/mol. The Morgan fingerprint density at radius 2 is 1.19 bits per heavy atom. The molecule has 11 aromatic carbocycles. The van der Waals surface area contributed by atoms with Crippen LogP contribution in [0.5, 0.6) is 0 Å². The van der Waals surface area contributed by atoms with Crippen molar-refractivity contribution in [2.45, 2.75) is 19.3 Å². The van der Waals surface area contributed by atoms with Gasteiger partial charge in [-0.15, -0.1) is 17.8 Å². The van der Waals surface area contributed by atoms with E-state index in [1.165, 1.54) is 80.3 Å². The Morgan fingerprint density at radius 3 is 2.03 bits per heavy atom. The quantitative estimate of drug-likeness (QED) is 0.161. The first-order chi connectivity index (χ1) is 34.4. The predicted molar refractivity (Wildman–Crippen MR) is 299 cm³/mol. The fourth-order valence-corrected chi connectivity index (χ4v) is 13.8. The molecular weight excluding hydrogens is 867 g/mol. The number of fused-ring (bicyclic) bond motifs is 21. The minimum Gasteiger partial charge on any atom is -0.456 e. The van der Waals surface area contributed by atoms with Gasteiger partial charge in [-0.25, -0.2) is 0 Å². The zero-order valence-corrected chi connectivity index (χ0v) is 39.3. The van der Waals surface area contributed by atoms with Gasteiger partial charge in [-0.3, -0.25) is 0 Å². The summed E-state index contributed by atoms with van der Waals surface area (Å²) < 4.78 is 11.9. The summed E-state index contributed by atoms with van der Waals surface area (Å²) in [5, 5.41) is 14.3. The first-order valence-electron chi connectivity index (χ1n) is 24.0. The minimum atomic E-state index is -0.269. The van der Waals surface area contributed by atoms with E-state index >= 15 is 0 Å². The van der Waals surface area contributed by atoms with E-state index in [9.17, 15) is 0 Å². The van der Waals surface area contributed by atoms with Crippen LogP contribution in [-0.4, -0.2) is 4.57 Å². The van der Waals surface area contributed by atoms with Crippen LogP contribution in [0.25, 0.3) is 130 Å². The maximum absolute atomic E-state index is 7.09. The van der Waals surface area contributed by atoms with Crippen LogP contribution < -0.4 is 0 Å². The van der Waals surface area contributed by atoms with Gasteiger partial charge in [-0.05, 0) is 108 Å². The number of hydrogen-bond donors (Lipinski definition) is 0. The molecule has 1 aliphatic rings. The van der Waals surface area contributed by atoms with Crippen molar-refractivity contribution in [3.63, 3.8) is 0 Å². The van der Waals surface area contributed by atoms with E-state index in [0.29, 0.717) is 0 Å². The van der Waals surface area contributed by atoms with Crippen LogP contribution in [0.4, 0.5) is 0 Å². The van der Waals surface area contributed by atoms with E-state index in [0.717, 1.165) is 77.3 Å². The van der Waals surface area contributed by atoms with Crippen molar-refractivity contribution in [3.8, 4) is 40.3 Å². The van der Waals surface area contributed by atoms with Crippen LogP contribution in [0.2, 0.25) is 0 Å². The van der Waals surface area contributed by atoms with E-state index in [-0.39, 0.29) is 5.41 Å². The topological polar surface area (TPSA) is 18.1 Å². The average Bonchev–Trinajstić information content (AvgIpc) is 4.15. The van der Waals surface area contributed by atoms with Crippen molar-refractivity contribution in [2.24, 2.45) is 0 Å². The highest BCUT2D eigenvalue weighted by Gasteiger charge is 2.40. The fourth-order valence-electron chi connectivity index (χ4n) is 12.7. The molecule has 0 saturated heterocycles. The standard InChI is InChI=1S/C67H41NOS/c1-5-40-53(34-32-50-59(40)51(37-56-60(50)48-26-14-17-29-55(48)69-56)42-22-10-9-21-41(42)38(2)39-19-7-6-8-20-39)68-54-35-31-44-45(33-36-58-61(44)49-27-15-18-30-57(49)70-58)62(54)63-43-23-11-12-24-46(43)65-64(66(63)68)47-25-13-16-28-52(47)67(65,3)4/h1,6-37H,2H2,3-4H3. The Morgan fingerprint density at radius 1 is 0.529 bits per heavy atom. The van der Waals surface area contributed by atoms with Crippen LogP contribution in [0.15, 0.2) is 205 Å². The summed E-state index contributed by atoms with van der Waals surface area (Å²) in [6.45, 7) is 9.50. The third-order valence-electron chi connectivity index (χ3n) is 15.6. The van der Waals surface area contributed by atoms with Crippen molar-refractivity contribution in [1.82, 2.24) is 4.57 Å². The summed E-state index contributed by atoms with van der Waals surface area (Å²) in [5.74, 6) is 3.40. The van der Waals surface area contributed by atoms with Gasteiger partial charge in [-0.2, -0.15) is 0 Å². The highest BCUT2D eigenvalue weighted by molar-refractivity contribution is 7.26. The van der Waals surface area contributed by atoms with Crippen LogP contribution >= 0.6 is 11.3 Å². The molecule has 2 nitrogen and oxygen atoms in total. The lowest BCUT2D eigenvalue weighted by Gasteiger charge is -2.24. The smallest absolute Gasteiger partial charge is 0.136 e. The molecule has 0 bridgehead atoms. The van der Waals surface area contributed by atoms with Gasteiger partial charge in [0.05, 0.1) is 22.3 Å². The van der Waals surface area contributed by atoms with E-state index in [1.807, 2.05) is 23.5 Å². The highest BCUT2D eigenvalue weighted by Crippen LogP contribution is 2.58. The van der Waals surface area contributed by atoms with Crippen LogP contribution in [0, 0.1) is 12.3 Å². The van der Waals surface area contributed by atoms with Crippen molar-refractivity contribution >= 4 is 113 Å². The number of rotatable bonds is 4. The lowest BCUT2D eigenvalue weighted by Crippen LogP contribution is -2.15. The lowest BCUT2D eigenvalue weighted by atomic mass is 9.79. The maximum atomic E-state index is 7.09. The normalized spacial score (nSPS) is 13.2. The summed E-state index contributed by atoms with van der Waals surface area (Å²) in [7, 11) is 0. The van der Waals surface area contributed by atoms with Crippen LogP contribution in [-0.2, 0) is 5.41 Å². The lowest BCUT2D eigenvalue weighted by molar-refractivity contribution is 0.666. The molecular formula is C67H41NOS. The third kappa shape index (κ3) is 5.08. The number of furan rings is 1. The number of aromatic nitrogens is 1. The Hall–Kier alpha value is -8.68. The number of thiophene rings is 1. The molecule has 3 heterocycles. The Bertz CT molecular complexity index is 4700. The second-order valence-electron chi connectivity index (χ2n) is 19.4. The molecule has 1 aliphatic carbocycles. The van der Waals surface area contributed by atoms with Crippen molar-refractivity contribution in [1.29, 1.82) is 0 Å². The second kappa shape index (κ2) is 14.2. The second-order valence-corrected chi connectivity index (χ2v) is 20.5. The Balaban J connectivity index is 1.16. The van der Waals surface area contributed by atoms with Gasteiger partial charge >= 0.3 is 0 Å². The largest absolute Gasteiger partial charge is 0.456 e. The van der Waals surface area contributed by atoms with Gasteiger partial charge in [0.2, 0.25) is 0 Å². The first-order valence-corrected chi connectivity index (χ1v) is 24.8. The fraction of sp³-hybridized carbons (Fsp3) is 0.0448. The molecule has 3 heteroatoms. The Kier molecular flexibility index (Phi) is 7.97. The molecule has 15 rings (SSSR count). The van der Waals surface area contributed by atoms with Gasteiger partial charge in [0.1, 0.15) is 11.2 Å². The highest BCUT2D eigenvalue weighted by atomic mass is 32.1. The Labute approximate surface area is 408 Å². The minimum absolute atomic E-state index is 0.269. The summed E-state index contributed by atoms with van der Waals surface area (Å²) in [4.78, 5) is 0. The number of nitrogens with zero attached hydrogens (tertiary/aromatic N) is 1. The van der Waals surface area contributed by atoms with E-state index in [4.69, 9.17) is 17.4 Å². The maximum Gasteiger partial charge on any atom is 0.136 e. The third-order valence-corrected chi connectivity index (χ3v) is 16.7. The van der Waals surface area contributed by atoms with Crippen LogP contribution in [0.1, 0.15) is 41.7 Å². The van der Waals surface area contributed by atoms with Gasteiger partial charge < -0.3 is 8.98 Å². The molecule has 0 spiro atoms. The molecule has 0 N–H and O–H groups in total. The molecule has 70 heavy (non-hydrogen) atoms. The number of benzene rings is 11. The van der Waals surface area contributed by atoms with Gasteiger partial charge in [-0.1, -0.05) is 184 Å². The summed E-state index contributed by atoms with van der Waals surface area (Å²) >= 11 is 1.87. The first kappa shape index (κ1) is 39.3. The molecule has 0 amide bonds. The van der Waals surface area contributed by atoms with Crippen LogP contribution in [0.3, 0.4) is 0 Å². The summed E-state index contributed by atoms with van der Waals surface area (Å²) in [6.07, 6.45) is 7.09. The molecule has 0 atom stereocenters. The van der Waals surface area contributed by atoms with Crippen molar-refractivity contribution < 1.29 is 4.42 Å². The van der Waals surface area contributed by atoms with Crippen molar-refractivity contribution in [3.05, 3.63) is 229 Å². The molecule has 3 aromatic heterocycles. The molecule has 326 valence electrons. The molecule has 0 saturated carbocycles. The zero-order chi connectivity index (χ0) is 46.6. The van der Waals surface area contributed by atoms with E-state index in [2.05, 4.69) is 206 Å². The molecule has 0 radical (unpaired) electrons. The molecule has 14 aromatic rings. The van der Waals surface area contributed by atoms with Gasteiger partial charge in [0, 0.05) is 58.1 Å². The van der Waals surface area contributed by atoms with Crippen molar-refractivity contribution in [2.75, 3.05) is 0 Å². The molecule has 0 unspecified atom stereocenters. The average molecular weight is 908 g/mol. The molecule has 0 fully saturated rings.